The van der Waals surface area contributed by atoms with E-state index in [4.69, 9.17) is 16.3 Å². The Morgan fingerprint density at radius 3 is 2.69 bits per heavy atom. The molecule has 8 nitrogen and oxygen atoms in total. The van der Waals surface area contributed by atoms with Gasteiger partial charge in [0.25, 0.3) is 5.91 Å². The van der Waals surface area contributed by atoms with E-state index >= 15 is 0 Å². The van der Waals surface area contributed by atoms with E-state index in [9.17, 15) is 18.0 Å². The molecule has 4 rings (SSSR count). The summed E-state index contributed by atoms with van der Waals surface area (Å²) in [7, 11) is 0. The zero-order valence-electron chi connectivity index (χ0n) is 16.9. The van der Waals surface area contributed by atoms with Crippen LogP contribution in [-0.4, -0.2) is 55.0 Å². The summed E-state index contributed by atoms with van der Waals surface area (Å²) in [4.78, 5) is 24.2. The number of amides is 1. The minimum Gasteiger partial charge on any atom is -0.471 e. The van der Waals surface area contributed by atoms with Crippen LogP contribution in [0, 0.1) is 6.92 Å². The lowest BCUT2D eigenvalue weighted by atomic mass is 10.1. The van der Waals surface area contributed by atoms with E-state index < -0.39 is 17.8 Å². The van der Waals surface area contributed by atoms with Gasteiger partial charge in [0.2, 0.25) is 5.88 Å². The van der Waals surface area contributed by atoms with Gasteiger partial charge in [-0.3, -0.25) is 4.79 Å². The molecule has 0 aromatic carbocycles. The van der Waals surface area contributed by atoms with Gasteiger partial charge in [0, 0.05) is 18.4 Å². The van der Waals surface area contributed by atoms with Gasteiger partial charge < -0.3 is 9.64 Å². The van der Waals surface area contributed by atoms with Crippen LogP contribution in [0.5, 0.6) is 5.88 Å². The van der Waals surface area contributed by atoms with Gasteiger partial charge in [-0.05, 0) is 38.0 Å². The van der Waals surface area contributed by atoms with Crippen molar-refractivity contribution in [3.8, 4) is 11.7 Å². The summed E-state index contributed by atoms with van der Waals surface area (Å²) in [5, 5.41) is 7.89. The number of hydrogen-bond acceptors (Lipinski definition) is 6. The number of hydrogen-bond donors (Lipinski definition) is 0. The molecule has 0 spiro atoms. The Morgan fingerprint density at radius 1 is 1.25 bits per heavy atom. The van der Waals surface area contributed by atoms with Crippen LogP contribution in [0.15, 0.2) is 36.8 Å². The Bertz CT molecular complexity index is 1120. The average molecular weight is 467 g/mol. The molecule has 1 fully saturated rings. The highest BCUT2D eigenvalue weighted by atomic mass is 35.5. The largest absolute Gasteiger partial charge is 0.471 e. The second-order valence-corrected chi connectivity index (χ2v) is 7.69. The summed E-state index contributed by atoms with van der Waals surface area (Å²) in [6, 6.07) is 4.17. The van der Waals surface area contributed by atoms with Gasteiger partial charge in [0.15, 0.2) is 5.82 Å². The molecule has 1 saturated heterocycles. The van der Waals surface area contributed by atoms with Gasteiger partial charge in [0.1, 0.15) is 11.1 Å². The Hall–Kier alpha value is -3.21. The monoisotopic (exact) mass is 466 g/mol. The molecule has 168 valence electrons. The number of alkyl halides is 3. The molecule has 3 aromatic rings. The second-order valence-electron chi connectivity index (χ2n) is 7.28. The first-order valence-electron chi connectivity index (χ1n) is 9.75. The van der Waals surface area contributed by atoms with Gasteiger partial charge in [-0.2, -0.15) is 23.4 Å². The highest BCUT2D eigenvalue weighted by molar-refractivity contribution is 6.31. The zero-order valence-corrected chi connectivity index (χ0v) is 17.6. The van der Waals surface area contributed by atoms with Gasteiger partial charge in [-0.15, -0.1) is 4.80 Å². The lowest BCUT2D eigenvalue weighted by Crippen LogP contribution is -2.44. The topological polar surface area (TPSA) is 86.0 Å². The van der Waals surface area contributed by atoms with E-state index in [0.29, 0.717) is 42.7 Å². The first-order valence-corrected chi connectivity index (χ1v) is 10.1. The molecule has 12 heteroatoms. The van der Waals surface area contributed by atoms with Crippen molar-refractivity contribution in [1.82, 2.24) is 29.9 Å². The van der Waals surface area contributed by atoms with Crippen molar-refractivity contribution in [3.63, 3.8) is 0 Å². The van der Waals surface area contributed by atoms with E-state index in [1.165, 1.54) is 17.2 Å². The fourth-order valence-electron chi connectivity index (χ4n) is 3.40. The van der Waals surface area contributed by atoms with Crippen LogP contribution >= 0.6 is 11.6 Å². The quantitative estimate of drug-likeness (QED) is 0.582. The van der Waals surface area contributed by atoms with Crippen LogP contribution in [0.4, 0.5) is 13.2 Å². The third kappa shape index (κ3) is 4.67. The standard InChI is InChI=1S/C20H18ClF3N6O2/c1-12-4-5-15(17(28-12)30-26-6-7-27-30)19(31)29-8-2-3-14(11-29)32-18-16(21)9-13(10-25-18)20(22,23)24/h4-7,9-10,14H,2-3,8,11H2,1H3. The molecule has 1 atom stereocenters. The number of likely N-dealkylation sites (tertiary alicyclic amines) is 1. The third-order valence-corrected chi connectivity index (χ3v) is 5.20. The summed E-state index contributed by atoms with van der Waals surface area (Å²) in [6.07, 6.45) is -0.126. The van der Waals surface area contributed by atoms with E-state index in [1.54, 1.807) is 24.0 Å². The van der Waals surface area contributed by atoms with Crippen molar-refractivity contribution in [2.24, 2.45) is 0 Å². The molecule has 0 aliphatic carbocycles. The minimum absolute atomic E-state index is 0.0996. The van der Waals surface area contributed by atoms with Gasteiger partial charge in [-0.1, -0.05) is 11.6 Å². The van der Waals surface area contributed by atoms with Crippen LogP contribution in [0.1, 0.15) is 34.5 Å². The molecule has 1 aliphatic rings. The minimum atomic E-state index is -4.55. The third-order valence-electron chi connectivity index (χ3n) is 4.93. The van der Waals surface area contributed by atoms with Crippen LogP contribution in [0.25, 0.3) is 5.82 Å². The molecule has 0 N–H and O–H groups in total. The number of aromatic nitrogens is 5. The first kappa shape index (κ1) is 22.0. The predicted molar refractivity (Wildman–Crippen MR) is 108 cm³/mol. The van der Waals surface area contributed by atoms with Gasteiger partial charge in [0.05, 0.1) is 30.1 Å². The maximum Gasteiger partial charge on any atom is 0.417 e. The normalized spacial score (nSPS) is 16.8. The summed E-state index contributed by atoms with van der Waals surface area (Å²) in [5.74, 6) is -0.0579. The van der Waals surface area contributed by atoms with E-state index in [1.807, 2.05) is 0 Å². The summed E-state index contributed by atoms with van der Waals surface area (Å²) >= 11 is 5.95. The molecule has 0 radical (unpaired) electrons. The molecular weight excluding hydrogens is 449 g/mol. The molecule has 0 saturated carbocycles. The fourth-order valence-corrected chi connectivity index (χ4v) is 3.61. The number of carbonyl (C=O) groups excluding carboxylic acids is 1. The molecule has 1 aliphatic heterocycles. The average Bonchev–Trinajstić information content (AvgIpc) is 3.29. The number of nitrogens with zero attached hydrogens (tertiary/aromatic N) is 6. The van der Waals surface area contributed by atoms with Gasteiger partial charge >= 0.3 is 6.18 Å². The Morgan fingerprint density at radius 2 is 2.00 bits per heavy atom. The van der Waals surface area contributed by atoms with E-state index in [0.717, 1.165) is 6.07 Å². The highest BCUT2D eigenvalue weighted by Gasteiger charge is 2.33. The maximum absolute atomic E-state index is 13.2. The second kappa shape index (κ2) is 8.73. The molecule has 1 amide bonds. The molecule has 1 unspecified atom stereocenters. The fraction of sp³-hybridized carbons (Fsp3) is 0.350. The molecule has 0 bridgehead atoms. The first-order chi connectivity index (χ1) is 15.2. The SMILES string of the molecule is Cc1ccc(C(=O)N2CCCC(Oc3ncc(C(F)(F)F)cc3Cl)C2)c(-n2nccn2)n1. The zero-order chi connectivity index (χ0) is 22.9. The van der Waals surface area contributed by atoms with Gasteiger partial charge in [-0.25, -0.2) is 9.97 Å². The lowest BCUT2D eigenvalue weighted by molar-refractivity contribution is -0.137. The van der Waals surface area contributed by atoms with Crippen molar-refractivity contribution in [2.45, 2.75) is 32.0 Å². The van der Waals surface area contributed by atoms with E-state index in [-0.39, 0.29) is 23.4 Å². The lowest BCUT2D eigenvalue weighted by Gasteiger charge is -2.33. The highest BCUT2D eigenvalue weighted by Crippen LogP contribution is 2.34. The number of halogens is 4. The van der Waals surface area contributed by atoms with Crippen molar-refractivity contribution in [3.05, 3.63) is 58.6 Å². The number of ether oxygens (including phenoxy) is 1. The van der Waals surface area contributed by atoms with Crippen molar-refractivity contribution in [2.75, 3.05) is 13.1 Å². The van der Waals surface area contributed by atoms with Crippen molar-refractivity contribution >= 4 is 17.5 Å². The molecule has 32 heavy (non-hydrogen) atoms. The molecular formula is C20H18ClF3N6O2. The van der Waals surface area contributed by atoms with Crippen LogP contribution in [0.2, 0.25) is 5.02 Å². The summed E-state index contributed by atoms with van der Waals surface area (Å²) in [6.45, 7) is 2.51. The Balaban J connectivity index is 1.51. The van der Waals surface area contributed by atoms with Crippen LogP contribution in [-0.2, 0) is 6.18 Å². The molecule has 3 aromatic heterocycles. The number of carbonyl (C=O) groups is 1. The number of piperidine rings is 1. The number of pyridine rings is 2. The Kier molecular flexibility index (Phi) is 6.00. The summed E-state index contributed by atoms with van der Waals surface area (Å²) in [5.41, 5.74) is 0.0804. The summed E-state index contributed by atoms with van der Waals surface area (Å²) < 4.78 is 44.2. The number of aryl methyl sites for hydroxylation is 1. The number of rotatable bonds is 4. The van der Waals surface area contributed by atoms with E-state index in [2.05, 4.69) is 20.2 Å². The van der Waals surface area contributed by atoms with Crippen molar-refractivity contribution < 1.29 is 22.7 Å². The predicted octanol–water partition coefficient (Wildman–Crippen LogP) is 3.72. The van der Waals surface area contributed by atoms with Crippen LogP contribution in [0.3, 0.4) is 0 Å². The maximum atomic E-state index is 13.2. The van der Waals surface area contributed by atoms with Crippen molar-refractivity contribution in [1.29, 1.82) is 0 Å². The Labute approximate surface area is 186 Å². The van der Waals surface area contributed by atoms with Crippen LogP contribution < -0.4 is 4.74 Å². The molecule has 4 heterocycles. The smallest absolute Gasteiger partial charge is 0.417 e.